The average Bonchev–Trinajstić information content (AvgIpc) is 2.50. The number of hydrogen-bond acceptors (Lipinski definition) is 3. The van der Waals surface area contributed by atoms with Gasteiger partial charge in [0.15, 0.2) is 6.29 Å². The molecule has 0 fully saturated rings. The van der Waals surface area contributed by atoms with Crippen molar-refractivity contribution in [2.24, 2.45) is 0 Å². The number of benzene rings is 1. The van der Waals surface area contributed by atoms with E-state index in [9.17, 15) is 4.79 Å². The van der Waals surface area contributed by atoms with E-state index in [2.05, 4.69) is 13.2 Å². The Morgan fingerprint density at radius 3 is 1.90 bits per heavy atom. The second kappa shape index (κ2) is 15.9. The van der Waals surface area contributed by atoms with Crippen LogP contribution in [0, 0.1) is 0 Å². The average molecular weight is 301 g/mol. The summed E-state index contributed by atoms with van der Waals surface area (Å²) in [4.78, 5) is 10.2. The van der Waals surface area contributed by atoms with Crippen LogP contribution in [0.1, 0.15) is 36.7 Å². The van der Waals surface area contributed by atoms with Crippen molar-refractivity contribution in [2.45, 2.75) is 32.9 Å². The van der Waals surface area contributed by atoms with Gasteiger partial charge >= 0.3 is 0 Å². The van der Waals surface area contributed by atoms with Crippen molar-refractivity contribution in [1.82, 2.24) is 0 Å². The van der Waals surface area contributed by atoms with E-state index in [1.165, 1.54) is 0 Å². The monoisotopic (exact) mass is 300 g/mol. The predicted molar refractivity (Wildman–Crippen MR) is 85.4 cm³/mol. The fourth-order valence-electron chi connectivity index (χ4n) is 1.20. The van der Waals surface area contributed by atoms with Gasteiger partial charge in [0, 0.05) is 24.7 Å². The number of halogens is 1. The summed E-state index contributed by atoms with van der Waals surface area (Å²) >= 11 is 5.53. The van der Waals surface area contributed by atoms with Gasteiger partial charge < -0.3 is 9.47 Å². The van der Waals surface area contributed by atoms with Gasteiger partial charge in [0.1, 0.15) is 6.29 Å². The number of ether oxygens (including phenoxy) is 2. The maximum absolute atomic E-state index is 10.2. The lowest BCUT2D eigenvalue weighted by molar-refractivity contribution is -0.123. The van der Waals surface area contributed by atoms with Gasteiger partial charge in [-0.3, -0.25) is 4.79 Å². The molecule has 4 heteroatoms. The molecule has 0 aromatic heterocycles. The van der Waals surface area contributed by atoms with Crippen LogP contribution in [0.25, 0.3) is 0 Å². The maximum atomic E-state index is 10.2. The van der Waals surface area contributed by atoms with Crippen LogP contribution < -0.4 is 0 Å². The van der Waals surface area contributed by atoms with Gasteiger partial charge in [0.25, 0.3) is 0 Å². The number of hydrogen-bond donors (Lipinski definition) is 0. The first kappa shape index (κ1) is 21.1. The zero-order valence-electron chi connectivity index (χ0n) is 12.6. The minimum atomic E-state index is -0.0370. The lowest BCUT2D eigenvalue weighted by atomic mass is 10.2. The van der Waals surface area contributed by atoms with E-state index < -0.39 is 0 Å². The Hall–Kier alpha value is -1.16. The second-order valence-corrected chi connectivity index (χ2v) is 3.74. The van der Waals surface area contributed by atoms with Gasteiger partial charge in [0.05, 0.1) is 0 Å². The number of aldehydes is 1. The Kier molecular flexibility index (Phi) is 16.8. The van der Waals surface area contributed by atoms with E-state index in [0.717, 1.165) is 25.1 Å². The molecule has 0 radical (unpaired) electrons. The summed E-state index contributed by atoms with van der Waals surface area (Å²) < 4.78 is 10.1. The smallest absolute Gasteiger partial charge is 0.154 e. The molecular weight excluding hydrogens is 276 g/mol. The van der Waals surface area contributed by atoms with Crippen molar-refractivity contribution in [3.63, 3.8) is 0 Å². The summed E-state index contributed by atoms with van der Waals surface area (Å²) in [6.45, 7) is 13.3. The zero-order valence-corrected chi connectivity index (χ0v) is 13.4. The molecule has 0 aliphatic heterocycles. The number of rotatable bonds is 6. The van der Waals surface area contributed by atoms with Crippen LogP contribution in [0.15, 0.2) is 37.4 Å². The fraction of sp³-hybridized carbons (Fsp3) is 0.438. The van der Waals surface area contributed by atoms with Crippen molar-refractivity contribution < 1.29 is 14.3 Å². The summed E-state index contributed by atoms with van der Waals surface area (Å²) in [5.41, 5.74) is 1.72. The van der Waals surface area contributed by atoms with Crippen molar-refractivity contribution >= 4 is 17.9 Å². The van der Waals surface area contributed by atoms with Crippen molar-refractivity contribution in [3.05, 3.63) is 48.6 Å². The third-order valence-electron chi connectivity index (χ3n) is 2.07. The van der Waals surface area contributed by atoms with Crippen LogP contribution in [0.3, 0.4) is 0 Å². The lowest BCUT2D eigenvalue weighted by Gasteiger charge is -2.09. The van der Waals surface area contributed by atoms with Gasteiger partial charge in [-0.15, -0.1) is 24.8 Å². The van der Waals surface area contributed by atoms with E-state index in [1.807, 2.05) is 32.9 Å². The first-order chi connectivity index (χ1) is 9.67. The zero-order chi connectivity index (χ0) is 15.8. The van der Waals surface area contributed by atoms with Crippen molar-refractivity contribution in [2.75, 3.05) is 13.2 Å². The molecule has 20 heavy (non-hydrogen) atoms. The molecule has 0 spiro atoms. The van der Waals surface area contributed by atoms with Crippen LogP contribution in [-0.2, 0) is 15.4 Å². The molecule has 0 amide bonds. The van der Waals surface area contributed by atoms with Gasteiger partial charge in [-0.2, -0.15) is 0 Å². The van der Waals surface area contributed by atoms with Gasteiger partial charge in [-0.25, -0.2) is 0 Å². The quantitative estimate of drug-likeness (QED) is 0.337. The third-order valence-corrected chi connectivity index (χ3v) is 2.38. The molecule has 1 aromatic rings. The Morgan fingerprint density at radius 2 is 1.60 bits per heavy atom. The molecule has 0 bridgehead atoms. The Morgan fingerprint density at radius 1 is 1.15 bits per heavy atom. The molecule has 0 saturated heterocycles. The van der Waals surface area contributed by atoms with Crippen LogP contribution in [0.5, 0.6) is 0 Å². The normalized spacial score (nSPS) is 9.05. The molecule has 0 aliphatic rings. The molecule has 0 N–H and O–H groups in total. The summed E-state index contributed by atoms with van der Waals surface area (Å²) in [6, 6.07) is 7.20. The number of carbonyl (C=O) groups excluding carboxylic acids is 1. The maximum Gasteiger partial charge on any atom is 0.154 e. The van der Waals surface area contributed by atoms with Gasteiger partial charge in [-0.1, -0.05) is 24.3 Å². The fourth-order valence-corrected chi connectivity index (χ4v) is 1.38. The third kappa shape index (κ3) is 11.9. The molecule has 1 rings (SSSR count). The molecule has 114 valence electrons. The summed E-state index contributed by atoms with van der Waals surface area (Å²) in [6.07, 6.45) is 0.780. The minimum absolute atomic E-state index is 0.0370. The molecule has 0 heterocycles. The van der Waals surface area contributed by atoms with Gasteiger partial charge in [-0.05, 0) is 26.3 Å². The van der Waals surface area contributed by atoms with Crippen LogP contribution >= 0.6 is 11.6 Å². The molecule has 0 atom stereocenters. The molecular formula is C16H25ClO3. The van der Waals surface area contributed by atoms with Crippen LogP contribution in [0.4, 0.5) is 0 Å². The highest BCUT2D eigenvalue weighted by Crippen LogP contribution is 2.04. The van der Waals surface area contributed by atoms with Crippen molar-refractivity contribution in [1.29, 1.82) is 0 Å². The van der Waals surface area contributed by atoms with E-state index in [-0.39, 0.29) is 6.29 Å². The summed E-state index contributed by atoms with van der Waals surface area (Å²) in [5, 5.41) is 0. The highest BCUT2D eigenvalue weighted by atomic mass is 35.5. The Labute approximate surface area is 127 Å². The minimum Gasteiger partial charge on any atom is -0.353 e. The van der Waals surface area contributed by atoms with E-state index >= 15 is 0 Å². The highest BCUT2D eigenvalue weighted by molar-refractivity contribution is 6.17. The Balaban J connectivity index is 0. The SMILES string of the molecule is C=C.CCOC(C)OCC.O=Cc1ccc(CCl)cc1. The first-order valence-corrected chi connectivity index (χ1v) is 7.04. The topological polar surface area (TPSA) is 35.5 Å². The van der Waals surface area contributed by atoms with E-state index in [0.29, 0.717) is 11.4 Å². The molecule has 0 aliphatic carbocycles. The summed E-state index contributed by atoms with van der Waals surface area (Å²) in [7, 11) is 0. The molecule has 0 saturated carbocycles. The van der Waals surface area contributed by atoms with Gasteiger partial charge in [0.2, 0.25) is 0 Å². The van der Waals surface area contributed by atoms with Crippen LogP contribution in [0.2, 0.25) is 0 Å². The highest BCUT2D eigenvalue weighted by Gasteiger charge is 1.94. The Bertz CT molecular complexity index is 319. The molecule has 3 nitrogen and oxygen atoms in total. The van der Waals surface area contributed by atoms with Crippen molar-refractivity contribution in [3.8, 4) is 0 Å². The van der Waals surface area contributed by atoms with Crippen LogP contribution in [-0.4, -0.2) is 25.8 Å². The predicted octanol–water partition coefficient (Wildman–Crippen LogP) is 4.45. The number of carbonyl (C=O) groups is 1. The largest absolute Gasteiger partial charge is 0.353 e. The number of alkyl halides is 1. The van der Waals surface area contributed by atoms with E-state index in [4.69, 9.17) is 21.1 Å². The molecule has 1 aromatic carbocycles. The molecule has 0 unspecified atom stereocenters. The lowest BCUT2D eigenvalue weighted by Crippen LogP contribution is -2.11. The standard InChI is InChI=1S/C8H7ClO.C6H14O2.C2H4/c9-5-7-1-3-8(6-10)4-2-7;1-4-7-6(3)8-5-2;1-2/h1-4,6H,5H2;6H,4-5H2,1-3H3;1-2H2. The summed E-state index contributed by atoms with van der Waals surface area (Å²) in [5.74, 6) is 0.499. The van der Waals surface area contributed by atoms with E-state index in [1.54, 1.807) is 12.1 Å². The first-order valence-electron chi connectivity index (χ1n) is 6.51. The second-order valence-electron chi connectivity index (χ2n) is 3.47.